The number of rotatable bonds is 20. The number of ether oxygens (including phenoxy) is 2. The van der Waals surface area contributed by atoms with Crippen molar-refractivity contribution >= 4 is 12.3 Å². The van der Waals surface area contributed by atoms with Gasteiger partial charge < -0.3 is 14.3 Å². The molecule has 0 bridgehead atoms. The van der Waals surface area contributed by atoms with Crippen LogP contribution in [0.3, 0.4) is 0 Å². The van der Waals surface area contributed by atoms with Crippen LogP contribution in [0, 0.1) is 0 Å². The first-order valence-corrected chi connectivity index (χ1v) is 12.0. The maximum Gasteiger partial charge on any atom is 0.305 e. The van der Waals surface area contributed by atoms with E-state index in [1.807, 2.05) is 30.3 Å². The number of carbonyl (C=O) groups is 2. The summed E-state index contributed by atoms with van der Waals surface area (Å²) in [6, 6.07) is 9.64. The number of hydrogen-bond donors (Lipinski definition) is 0. The lowest BCUT2D eigenvalue weighted by atomic mass is 10.0. The zero-order valence-electron chi connectivity index (χ0n) is 19.0. The zero-order valence-corrected chi connectivity index (χ0v) is 19.0. The molecule has 1 atom stereocenters. The van der Waals surface area contributed by atoms with Crippen molar-refractivity contribution < 1.29 is 19.1 Å². The Bertz CT molecular complexity index is 529. The van der Waals surface area contributed by atoms with Gasteiger partial charge in [-0.1, -0.05) is 114 Å². The number of hydrogen-bond acceptors (Lipinski definition) is 4. The molecule has 30 heavy (non-hydrogen) atoms. The molecule has 0 aromatic heterocycles. The predicted octanol–water partition coefficient (Wildman–Crippen LogP) is 6.80. The van der Waals surface area contributed by atoms with E-state index in [1.165, 1.54) is 70.6 Å². The third-order valence-electron chi connectivity index (χ3n) is 5.35. The molecule has 0 N–H and O–H groups in total. The lowest BCUT2D eigenvalue weighted by molar-refractivity contribution is -0.149. The van der Waals surface area contributed by atoms with Crippen LogP contribution in [0.25, 0.3) is 0 Å². The molecule has 4 nitrogen and oxygen atoms in total. The molecule has 0 spiro atoms. The first kappa shape index (κ1) is 26.4. The Hall–Kier alpha value is -1.68. The highest BCUT2D eigenvalue weighted by molar-refractivity contribution is 5.69. The summed E-state index contributed by atoms with van der Waals surface area (Å²) in [5.74, 6) is -0.242. The quantitative estimate of drug-likeness (QED) is 0.133. The second kappa shape index (κ2) is 19.3. The average molecular weight is 419 g/mol. The molecule has 170 valence electrons. The predicted molar refractivity (Wildman–Crippen MR) is 122 cm³/mol. The Morgan fingerprint density at radius 3 is 1.90 bits per heavy atom. The van der Waals surface area contributed by atoms with Crippen LogP contribution in [0.2, 0.25) is 0 Å². The Kier molecular flexibility index (Phi) is 16.9. The molecule has 0 amide bonds. The monoisotopic (exact) mass is 418 g/mol. The van der Waals surface area contributed by atoms with Gasteiger partial charge >= 0.3 is 5.97 Å². The van der Waals surface area contributed by atoms with Crippen molar-refractivity contribution in [3.63, 3.8) is 0 Å². The standard InChI is InChI=1S/C26H42O4/c1-2-3-4-5-6-7-8-9-10-11-12-13-17-20-26(28)30-23-25(21-27)29-22-24-18-15-14-16-19-24/h14-16,18-19,21,25H,2-13,17,20,22-23H2,1H3/t25-/m0/s1. The van der Waals surface area contributed by atoms with Gasteiger partial charge in [-0.3, -0.25) is 4.79 Å². The van der Waals surface area contributed by atoms with Crippen molar-refractivity contribution in [2.24, 2.45) is 0 Å². The second-order valence-corrected chi connectivity index (χ2v) is 8.15. The molecule has 0 saturated heterocycles. The minimum atomic E-state index is -0.708. The Labute approximate surface area is 183 Å². The molecule has 0 saturated carbocycles. The van der Waals surface area contributed by atoms with Crippen LogP contribution in [-0.4, -0.2) is 25.0 Å². The van der Waals surface area contributed by atoms with Crippen molar-refractivity contribution in [3.8, 4) is 0 Å². The summed E-state index contributed by atoms with van der Waals surface area (Å²) >= 11 is 0. The maximum absolute atomic E-state index is 11.8. The van der Waals surface area contributed by atoms with Crippen LogP contribution < -0.4 is 0 Å². The highest BCUT2D eigenvalue weighted by atomic mass is 16.6. The topological polar surface area (TPSA) is 52.6 Å². The van der Waals surface area contributed by atoms with Gasteiger partial charge in [0.2, 0.25) is 0 Å². The highest BCUT2D eigenvalue weighted by Gasteiger charge is 2.11. The Morgan fingerprint density at radius 1 is 0.833 bits per heavy atom. The highest BCUT2D eigenvalue weighted by Crippen LogP contribution is 2.13. The Balaban J connectivity index is 1.91. The Morgan fingerprint density at radius 2 is 1.37 bits per heavy atom. The molecule has 0 aliphatic rings. The molecule has 0 radical (unpaired) electrons. The fraction of sp³-hybridized carbons (Fsp3) is 0.692. The van der Waals surface area contributed by atoms with Crippen LogP contribution in [0.5, 0.6) is 0 Å². The van der Waals surface area contributed by atoms with Crippen LogP contribution in [0.4, 0.5) is 0 Å². The first-order valence-electron chi connectivity index (χ1n) is 12.0. The lowest BCUT2D eigenvalue weighted by Gasteiger charge is -2.12. The van der Waals surface area contributed by atoms with Crippen LogP contribution in [-0.2, 0) is 25.7 Å². The number of carbonyl (C=O) groups excluding carboxylic acids is 2. The van der Waals surface area contributed by atoms with E-state index in [-0.39, 0.29) is 12.6 Å². The molecule has 0 aliphatic heterocycles. The number of esters is 1. The average Bonchev–Trinajstić information content (AvgIpc) is 2.77. The molecular weight excluding hydrogens is 376 g/mol. The molecule has 4 heteroatoms. The van der Waals surface area contributed by atoms with Gasteiger partial charge in [0.1, 0.15) is 12.7 Å². The fourth-order valence-electron chi connectivity index (χ4n) is 3.44. The zero-order chi connectivity index (χ0) is 21.7. The summed E-state index contributed by atoms with van der Waals surface area (Å²) in [6.45, 7) is 2.59. The molecule has 1 rings (SSSR count). The summed E-state index contributed by atoms with van der Waals surface area (Å²) in [5.41, 5.74) is 0.989. The summed E-state index contributed by atoms with van der Waals surface area (Å²) in [4.78, 5) is 23.0. The third kappa shape index (κ3) is 15.2. The van der Waals surface area contributed by atoms with E-state index in [2.05, 4.69) is 6.92 Å². The molecule has 0 unspecified atom stereocenters. The van der Waals surface area contributed by atoms with Crippen LogP contribution in [0.1, 0.15) is 102 Å². The molecule has 1 aromatic rings. The normalized spacial score (nSPS) is 11.9. The lowest BCUT2D eigenvalue weighted by Crippen LogP contribution is -2.23. The van der Waals surface area contributed by atoms with Crippen molar-refractivity contribution in [1.82, 2.24) is 0 Å². The van der Waals surface area contributed by atoms with Gasteiger partial charge in [-0.2, -0.15) is 0 Å². The van der Waals surface area contributed by atoms with Gasteiger partial charge in [0.05, 0.1) is 6.61 Å². The number of unbranched alkanes of at least 4 members (excludes halogenated alkanes) is 12. The van der Waals surface area contributed by atoms with Crippen LogP contribution >= 0.6 is 0 Å². The van der Waals surface area contributed by atoms with E-state index in [0.29, 0.717) is 19.3 Å². The van der Waals surface area contributed by atoms with Crippen molar-refractivity contribution in [1.29, 1.82) is 0 Å². The molecule has 0 fully saturated rings. The van der Waals surface area contributed by atoms with E-state index in [4.69, 9.17) is 9.47 Å². The number of benzene rings is 1. The third-order valence-corrected chi connectivity index (χ3v) is 5.35. The summed E-state index contributed by atoms with van der Waals surface area (Å²) < 4.78 is 10.7. The summed E-state index contributed by atoms with van der Waals surface area (Å²) in [6.07, 6.45) is 17.0. The van der Waals surface area contributed by atoms with E-state index < -0.39 is 6.10 Å². The molecule has 0 aliphatic carbocycles. The smallest absolute Gasteiger partial charge is 0.305 e. The number of aldehydes is 1. The second-order valence-electron chi connectivity index (χ2n) is 8.15. The molecular formula is C26H42O4. The van der Waals surface area contributed by atoms with Gasteiger partial charge in [-0.15, -0.1) is 0 Å². The van der Waals surface area contributed by atoms with Crippen molar-refractivity contribution in [2.45, 2.75) is 110 Å². The van der Waals surface area contributed by atoms with Gasteiger partial charge in [-0.05, 0) is 12.0 Å². The fourth-order valence-corrected chi connectivity index (χ4v) is 3.44. The molecule has 1 aromatic carbocycles. The summed E-state index contributed by atoms with van der Waals surface area (Å²) in [5, 5.41) is 0. The minimum Gasteiger partial charge on any atom is -0.462 e. The van der Waals surface area contributed by atoms with E-state index in [9.17, 15) is 9.59 Å². The van der Waals surface area contributed by atoms with E-state index >= 15 is 0 Å². The van der Waals surface area contributed by atoms with Crippen molar-refractivity contribution in [2.75, 3.05) is 6.61 Å². The SMILES string of the molecule is CCCCCCCCCCCCCCCC(=O)OC[C@H](C=O)OCc1ccccc1. The van der Waals surface area contributed by atoms with Crippen molar-refractivity contribution in [3.05, 3.63) is 35.9 Å². The minimum absolute atomic E-state index is 0.00634. The van der Waals surface area contributed by atoms with E-state index in [0.717, 1.165) is 18.4 Å². The van der Waals surface area contributed by atoms with E-state index in [1.54, 1.807) is 0 Å². The van der Waals surface area contributed by atoms with Gasteiger partial charge in [0.15, 0.2) is 6.29 Å². The maximum atomic E-state index is 11.8. The summed E-state index contributed by atoms with van der Waals surface area (Å²) in [7, 11) is 0. The van der Waals surface area contributed by atoms with Crippen LogP contribution in [0.15, 0.2) is 30.3 Å². The van der Waals surface area contributed by atoms with Gasteiger partial charge in [0, 0.05) is 6.42 Å². The van der Waals surface area contributed by atoms with Gasteiger partial charge in [0.25, 0.3) is 0 Å². The largest absolute Gasteiger partial charge is 0.462 e. The van der Waals surface area contributed by atoms with Gasteiger partial charge in [-0.25, -0.2) is 0 Å². The molecule has 0 heterocycles. The first-order chi connectivity index (χ1) is 14.8.